The zero-order valence-electron chi connectivity index (χ0n) is 13.9. The van der Waals surface area contributed by atoms with Crippen LogP contribution < -0.4 is 5.32 Å². The molecule has 1 heterocycles. The molecule has 0 saturated heterocycles. The number of unbranched alkanes of at least 4 members (excludes halogenated alkanes) is 2. The van der Waals surface area contributed by atoms with Crippen LogP contribution >= 0.6 is 11.3 Å². The second-order valence-electron chi connectivity index (χ2n) is 5.95. The van der Waals surface area contributed by atoms with Crippen LogP contribution in [-0.2, 0) is 11.2 Å². The van der Waals surface area contributed by atoms with E-state index in [0.29, 0.717) is 11.6 Å². The van der Waals surface area contributed by atoms with Crippen LogP contribution in [0.15, 0.2) is 48.7 Å². The average molecular weight is 338 g/mol. The van der Waals surface area contributed by atoms with E-state index in [1.54, 1.807) is 11.3 Å². The van der Waals surface area contributed by atoms with Gasteiger partial charge in [0, 0.05) is 23.9 Å². The van der Waals surface area contributed by atoms with Gasteiger partial charge in [-0.1, -0.05) is 62.2 Å². The Morgan fingerprint density at radius 3 is 2.83 bits per heavy atom. The number of fused-ring (bicyclic) bond motifs is 1. The molecule has 0 radical (unpaired) electrons. The van der Waals surface area contributed by atoms with Gasteiger partial charge in [-0.3, -0.25) is 4.79 Å². The Bertz CT molecular complexity index is 820. The smallest absolute Gasteiger partial charge is 0.226 e. The summed E-state index contributed by atoms with van der Waals surface area (Å²) in [5.41, 5.74) is 1.29. The Morgan fingerprint density at radius 1 is 1.12 bits per heavy atom. The molecular formula is C20H22N2OS. The van der Waals surface area contributed by atoms with Crippen LogP contribution in [0.2, 0.25) is 0 Å². The molecule has 1 aromatic heterocycles. The van der Waals surface area contributed by atoms with Gasteiger partial charge in [-0.15, -0.1) is 11.3 Å². The van der Waals surface area contributed by atoms with E-state index in [4.69, 9.17) is 0 Å². The van der Waals surface area contributed by atoms with E-state index in [1.165, 1.54) is 16.3 Å². The zero-order valence-corrected chi connectivity index (χ0v) is 14.7. The van der Waals surface area contributed by atoms with Gasteiger partial charge in [0.2, 0.25) is 5.91 Å². The lowest BCUT2D eigenvalue weighted by Gasteiger charge is -2.04. The second-order valence-corrected chi connectivity index (χ2v) is 7.07. The van der Waals surface area contributed by atoms with Gasteiger partial charge in [-0.05, 0) is 22.8 Å². The Kier molecular flexibility index (Phi) is 5.59. The number of nitrogens with zero attached hydrogens (tertiary/aromatic N) is 1. The topological polar surface area (TPSA) is 42.0 Å². The summed E-state index contributed by atoms with van der Waals surface area (Å²) in [5.74, 6) is 0.0644. The van der Waals surface area contributed by atoms with Crippen LogP contribution in [0.1, 0.15) is 43.0 Å². The predicted octanol–water partition coefficient (Wildman–Crippen LogP) is 5.41. The van der Waals surface area contributed by atoms with Crippen molar-refractivity contribution in [2.24, 2.45) is 0 Å². The van der Waals surface area contributed by atoms with Crippen LogP contribution in [0.25, 0.3) is 10.8 Å². The number of benzene rings is 2. The van der Waals surface area contributed by atoms with Gasteiger partial charge >= 0.3 is 0 Å². The summed E-state index contributed by atoms with van der Waals surface area (Å²) in [6.45, 7) is 2.14. The van der Waals surface area contributed by atoms with Crippen LogP contribution in [-0.4, -0.2) is 10.9 Å². The van der Waals surface area contributed by atoms with Crippen molar-refractivity contribution in [3.05, 3.63) is 59.1 Å². The predicted molar refractivity (Wildman–Crippen MR) is 102 cm³/mol. The molecule has 24 heavy (non-hydrogen) atoms. The van der Waals surface area contributed by atoms with Crippen molar-refractivity contribution in [2.75, 3.05) is 5.32 Å². The minimum absolute atomic E-state index is 0.0644. The standard InChI is InChI=1S/C20H22N2OS/c1-2-3-4-12-19(23)22-20-21-14-17(24-20)13-16-10-7-9-15-8-5-6-11-18(15)16/h5-11,14H,2-4,12-13H2,1H3,(H,21,22,23). The van der Waals surface area contributed by atoms with Crippen molar-refractivity contribution in [1.29, 1.82) is 0 Å². The van der Waals surface area contributed by atoms with Crippen molar-refractivity contribution in [3.8, 4) is 0 Å². The number of nitrogens with one attached hydrogen (secondary N) is 1. The van der Waals surface area contributed by atoms with E-state index in [9.17, 15) is 4.79 Å². The fourth-order valence-electron chi connectivity index (χ4n) is 2.80. The molecular weight excluding hydrogens is 316 g/mol. The number of aromatic nitrogens is 1. The maximum atomic E-state index is 11.9. The number of hydrogen-bond acceptors (Lipinski definition) is 3. The monoisotopic (exact) mass is 338 g/mol. The third-order valence-corrected chi connectivity index (χ3v) is 4.96. The molecule has 1 N–H and O–H groups in total. The van der Waals surface area contributed by atoms with Gasteiger partial charge in [0.1, 0.15) is 0 Å². The van der Waals surface area contributed by atoms with Crippen molar-refractivity contribution < 1.29 is 4.79 Å². The number of thiazole rings is 1. The number of amides is 1. The number of hydrogen-bond donors (Lipinski definition) is 1. The minimum atomic E-state index is 0.0644. The highest BCUT2D eigenvalue weighted by molar-refractivity contribution is 7.15. The quantitative estimate of drug-likeness (QED) is 0.586. The Labute approximate surface area is 146 Å². The highest BCUT2D eigenvalue weighted by atomic mass is 32.1. The molecule has 3 aromatic rings. The highest BCUT2D eigenvalue weighted by Gasteiger charge is 2.08. The zero-order chi connectivity index (χ0) is 16.8. The first-order valence-corrected chi connectivity index (χ1v) is 9.29. The molecule has 3 nitrogen and oxygen atoms in total. The molecule has 124 valence electrons. The van der Waals surface area contributed by atoms with Gasteiger partial charge in [-0.25, -0.2) is 4.98 Å². The SMILES string of the molecule is CCCCCC(=O)Nc1ncc(Cc2cccc3ccccc23)s1. The first-order chi connectivity index (χ1) is 11.8. The van der Waals surface area contributed by atoms with Crippen LogP contribution in [0.4, 0.5) is 5.13 Å². The van der Waals surface area contributed by atoms with Gasteiger partial charge < -0.3 is 5.32 Å². The molecule has 0 aliphatic carbocycles. The Morgan fingerprint density at radius 2 is 1.96 bits per heavy atom. The summed E-state index contributed by atoms with van der Waals surface area (Å²) in [5, 5.41) is 6.14. The fourth-order valence-corrected chi connectivity index (χ4v) is 3.65. The summed E-state index contributed by atoms with van der Waals surface area (Å²) in [6, 6.07) is 14.8. The highest BCUT2D eigenvalue weighted by Crippen LogP contribution is 2.25. The number of carbonyl (C=O) groups is 1. The third-order valence-electron chi connectivity index (χ3n) is 4.05. The van der Waals surface area contributed by atoms with E-state index in [-0.39, 0.29) is 5.91 Å². The van der Waals surface area contributed by atoms with Crippen LogP contribution in [0, 0.1) is 0 Å². The number of rotatable bonds is 7. The van der Waals surface area contributed by atoms with E-state index < -0.39 is 0 Å². The van der Waals surface area contributed by atoms with E-state index >= 15 is 0 Å². The largest absolute Gasteiger partial charge is 0.302 e. The maximum absolute atomic E-state index is 11.9. The molecule has 0 unspecified atom stereocenters. The van der Waals surface area contributed by atoms with Gasteiger partial charge in [0.25, 0.3) is 0 Å². The molecule has 0 spiro atoms. The summed E-state index contributed by atoms with van der Waals surface area (Å²) < 4.78 is 0. The van der Waals surface area contributed by atoms with Crippen molar-refractivity contribution >= 4 is 33.1 Å². The van der Waals surface area contributed by atoms with Crippen LogP contribution in [0.3, 0.4) is 0 Å². The summed E-state index contributed by atoms with van der Waals surface area (Å²) in [6.07, 6.45) is 6.44. The first kappa shape index (κ1) is 16.7. The third kappa shape index (κ3) is 4.20. The lowest BCUT2D eigenvalue weighted by Crippen LogP contribution is -2.10. The minimum Gasteiger partial charge on any atom is -0.302 e. The first-order valence-electron chi connectivity index (χ1n) is 8.47. The second kappa shape index (κ2) is 8.06. The molecule has 1 amide bonds. The van der Waals surface area contributed by atoms with E-state index in [1.807, 2.05) is 6.20 Å². The molecule has 2 aromatic carbocycles. The lowest BCUT2D eigenvalue weighted by molar-refractivity contribution is -0.116. The normalized spacial score (nSPS) is 10.9. The molecule has 0 saturated carbocycles. The van der Waals surface area contributed by atoms with Gasteiger partial charge in [0.05, 0.1) is 0 Å². The molecule has 0 atom stereocenters. The van der Waals surface area contributed by atoms with Crippen molar-refractivity contribution in [2.45, 2.75) is 39.0 Å². The Balaban J connectivity index is 1.66. The van der Waals surface area contributed by atoms with Gasteiger partial charge in [0.15, 0.2) is 5.13 Å². The molecule has 3 rings (SSSR count). The molecule has 0 fully saturated rings. The fraction of sp³-hybridized carbons (Fsp3) is 0.300. The number of carbonyl (C=O) groups excluding carboxylic acids is 1. The average Bonchev–Trinajstić information content (AvgIpc) is 3.02. The molecule has 0 aliphatic heterocycles. The number of anilines is 1. The van der Waals surface area contributed by atoms with Gasteiger partial charge in [-0.2, -0.15) is 0 Å². The van der Waals surface area contributed by atoms with E-state index in [0.717, 1.165) is 30.6 Å². The summed E-state index contributed by atoms with van der Waals surface area (Å²) in [4.78, 5) is 17.4. The molecule has 4 heteroatoms. The maximum Gasteiger partial charge on any atom is 0.226 e. The summed E-state index contributed by atoms with van der Waals surface area (Å²) in [7, 11) is 0. The summed E-state index contributed by atoms with van der Waals surface area (Å²) >= 11 is 1.56. The van der Waals surface area contributed by atoms with Crippen LogP contribution in [0.5, 0.6) is 0 Å². The molecule has 0 bridgehead atoms. The lowest BCUT2D eigenvalue weighted by atomic mass is 10.0. The molecule has 0 aliphatic rings. The van der Waals surface area contributed by atoms with E-state index in [2.05, 4.69) is 59.7 Å². The Hall–Kier alpha value is -2.20. The van der Waals surface area contributed by atoms with Crippen molar-refractivity contribution in [1.82, 2.24) is 4.98 Å². The van der Waals surface area contributed by atoms with Crippen molar-refractivity contribution in [3.63, 3.8) is 0 Å².